The van der Waals surface area contributed by atoms with Gasteiger partial charge in [0.2, 0.25) is 0 Å². The first kappa shape index (κ1) is 9.34. The first-order chi connectivity index (χ1) is 5.99. The second-order valence-electron chi connectivity index (χ2n) is 3.43. The molecule has 13 heavy (non-hydrogen) atoms. The van der Waals surface area contributed by atoms with Crippen molar-refractivity contribution in [2.24, 2.45) is 5.92 Å². The molecule has 2 heterocycles. The van der Waals surface area contributed by atoms with E-state index in [0.29, 0.717) is 13.0 Å². The third-order valence-electron chi connectivity index (χ3n) is 2.47. The number of hydrogen-bond donors (Lipinski definition) is 1. The van der Waals surface area contributed by atoms with Gasteiger partial charge >= 0.3 is 5.97 Å². The van der Waals surface area contributed by atoms with Crippen molar-refractivity contribution in [3.05, 3.63) is 11.8 Å². The molecule has 2 aliphatic heterocycles. The maximum atomic E-state index is 10.8. The van der Waals surface area contributed by atoms with Gasteiger partial charge in [-0.1, -0.05) is 15.9 Å². The van der Waals surface area contributed by atoms with Gasteiger partial charge < -0.3 is 10.0 Å². The molecule has 1 saturated heterocycles. The summed E-state index contributed by atoms with van der Waals surface area (Å²) in [5, 5.41) is 8.90. The van der Waals surface area contributed by atoms with E-state index in [1.165, 1.54) is 0 Å². The van der Waals surface area contributed by atoms with Crippen molar-refractivity contribution < 1.29 is 9.90 Å². The highest BCUT2D eigenvalue weighted by atomic mass is 79.9. The van der Waals surface area contributed by atoms with E-state index in [1.54, 1.807) is 6.08 Å². The SMILES string of the molecule is O=C(O)C1CCN2CC(Cl)(Br)C=C12. The number of aliphatic carboxylic acids is 1. The van der Waals surface area contributed by atoms with Gasteiger partial charge in [-0.15, -0.1) is 11.6 Å². The lowest BCUT2D eigenvalue weighted by Gasteiger charge is -2.16. The van der Waals surface area contributed by atoms with Crippen LogP contribution in [0.5, 0.6) is 0 Å². The smallest absolute Gasteiger partial charge is 0.312 e. The van der Waals surface area contributed by atoms with Crippen LogP contribution in [-0.2, 0) is 4.79 Å². The molecule has 72 valence electrons. The summed E-state index contributed by atoms with van der Waals surface area (Å²) in [4.78, 5) is 12.9. The molecule has 0 aromatic heterocycles. The van der Waals surface area contributed by atoms with Crippen molar-refractivity contribution in [2.45, 2.75) is 10.2 Å². The van der Waals surface area contributed by atoms with Crippen LogP contribution in [0, 0.1) is 5.92 Å². The third-order valence-corrected chi connectivity index (χ3v) is 3.18. The Morgan fingerprint density at radius 2 is 2.54 bits per heavy atom. The molecule has 0 amide bonds. The molecule has 0 aromatic rings. The van der Waals surface area contributed by atoms with E-state index in [9.17, 15) is 4.79 Å². The second-order valence-corrected chi connectivity index (χ2v) is 5.98. The van der Waals surface area contributed by atoms with Crippen LogP contribution in [0.1, 0.15) is 6.42 Å². The fraction of sp³-hybridized carbons (Fsp3) is 0.625. The summed E-state index contributed by atoms with van der Waals surface area (Å²) < 4.78 is -0.559. The average molecular weight is 267 g/mol. The van der Waals surface area contributed by atoms with Crippen molar-refractivity contribution >= 4 is 33.5 Å². The molecule has 3 nitrogen and oxygen atoms in total. The quantitative estimate of drug-likeness (QED) is 0.733. The Morgan fingerprint density at radius 1 is 1.85 bits per heavy atom. The first-order valence-electron chi connectivity index (χ1n) is 4.08. The first-order valence-corrected chi connectivity index (χ1v) is 5.25. The number of carboxylic acids is 1. The predicted molar refractivity (Wildman–Crippen MR) is 52.9 cm³/mol. The summed E-state index contributed by atoms with van der Waals surface area (Å²) in [7, 11) is 0. The molecule has 1 fully saturated rings. The molecular formula is C8H9BrClNO2. The van der Waals surface area contributed by atoms with Gasteiger partial charge in [0, 0.05) is 12.2 Å². The maximum absolute atomic E-state index is 10.8. The molecule has 2 unspecified atom stereocenters. The number of alkyl halides is 2. The average Bonchev–Trinajstić information content (AvgIpc) is 2.41. The summed E-state index contributed by atoms with van der Waals surface area (Å²) in [5.41, 5.74) is 0.861. The van der Waals surface area contributed by atoms with E-state index in [2.05, 4.69) is 15.9 Å². The summed E-state index contributed by atoms with van der Waals surface area (Å²) in [6, 6.07) is 0. The Balaban J connectivity index is 2.26. The molecule has 5 heteroatoms. The van der Waals surface area contributed by atoms with Crippen LogP contribution in [0.15, 0.2) is 11.8 Å². The van der Waals surface area contributed by atoms with E-state index in [0.717, 1.165) is 12.2 Å². The molecule has 0 aliphatic carbocycles. The predicted octanol–water partition coefficient (Wildman–Crippen LogP) is 1.62. The van der Waals surface area contributed by atoms with Crippen LogP contribution < -0.4 is 0 Å². The minimum absolute atomic E-state index is 0.363. The van der Waals surface area contributed by atoms with E-state index in [-0.39, 0.29) is 5.92 Å². The molecule has 0 aromatic carbocycles. The fourth-order valence-electron chi connectivity index (χ4n) is 1.91. The Morgan fingerprint density at radius 3 is 3.15 bits per heavy atom. The molecule has 0 bridgehead atoms. The second kappa shape index (κ2) is 2.89. The van der Waals surface area contributed by atoms with Crippen LogP contribution >= 0.6 is 27.5 Å². The van der Waals surface area contributed by atoms with Crippen LogP contribution in [0.2, 0.25) is 0 Å². The Labute approximate surface area is 89.5 Å². The van der Waals surface area contributed by atoms with Gasteiger partial charge in [-0.05, 0) is 12.5 Å². The van der Waals surface area contributed by atoms with Crippen molar-refractivity contribution in [1.29, 1.82) is 0 Å². The van der Waals surface area contributed by atoms with Crippen molar-refractivity contribution in [1.82, 2.24) is 4.90 Å². The zero-order valence-corrected chi connectivity index (χ0v) is 9.18. The Hall–Kier alpha value is -0.220. The lowest BCUT2D eigenvalue weighted by molar-refractivity contribution is -0.140. The molecular weight excluding hydrogens is 257 g/mol. The summed E-state index contributed by atoms with van der Waals surface area (Å²) in [6.45, 7) is 1.45. The number of rotatable bonds is 1. The maximum Gasteiger partial charge on any atom is 0.312 e. The summed E-state index contributed by atoms with van der Waals surface area (Å²) in [6.07, 6.45) is 2.50. The van der Waals surface area contributed by atoms with Crippen LogP contribution in [0.3, 0.4) is 0 Å². The standard InChI is InChI=1S/C8H9BrClNO2/c9-8(10)3-6-5(7(12)13)1-2-11(6)4-8/h3,5H,1-2,4H2,(H,12,13). The van der Waals surface area contributed by atoms with Crippen molar-refractivity contribution in [3.63, 3.8) is 0 Å². The van der Waals surface area contributed by atoms with Gasteiger partial charge in [0.15, 0.2) is 0 Å². The number of nitrogens with zero attached hydrogens (tertiary/aromatic N) is 1. The zero-order chi connectivity index (χ0) is 9.64. The van der Waals surface area contributed by atoms with E-state index < -0.39 is 9.75 Å². The molecule has 0 radical (unpaired) electrons. The number of carbonyl (C=O) groups is 1. The van der Waals surface area contributed by atoms with Gasteiger partial charge in [0.25, 0.3) is 0 Å². The van der Waals surface area contributed by atoms with Crippen molar-refractivity contribution in [3.8, 4) is 0 Å². The largest absolute Gasteiger partial charge is 0.481 e. The molecule has 2 atom stereocenters. The minimum atomic E-state index is -0.754. The molecule has 2 rings (SSSR count). The van der Waals surface area contributed by atoms with E-state index in [1.807, 2.05) is 4.90 Å². The van der Waals surface area contributed by atoms with E-state index in [4.69, 9.17) is 16.7 Å². The summed E-state index contributed by atoms with van der Waals surface area (Å²) in [5.74, 6) is -1.12. The van der Waals surface area contributed by atoms with Crippen molar-refractivity contribution in [2.75, 3.05) is 13.1 Å². The van der Waals surface area contributed by atoms with Gasteiger partial charge in [-0.25, -0.2) is 0 Å². The Bertz CT molecular complexity index is 290. The number of fused-ring (bicyclic) bond motifs is 1. The lowest BCUT2D eigenvalue weighted by Crippen LogP contribution is -2.23. The molecule has 2 aliphatic rings. The van der Waals surface area contributed by atoms with Gasteiger partial charge in [-0.2, -0.15) is 0 Å². The molecule has 1 N–H and O–H groups in total. The fourth-order valence-corrected chi connectivity index (χ4v) is 2.70. The lowest BCUT2D eigenvalue weighted by atomic mass is 10.1. The van der Waals surface area contributed by atoms with Crippen LogP contribution in [-0.4, -0.2) is 32.8 Å². The minimum Gasteiger partial charge on any atom is -0.481 e. The highest BCUT2D eigenvalue weighted by Crippen LogP contribution is 2.42. The number of halogens is 2. The topological polar surface area (TPSA) is 40.5 Å². The highest BCUT2D eigenvalue weighted by molar-refractivity contribution is 9.10. The van der Waals surface area contributed by atoms with Crippen LogP contribution in [0.4, 0.5) is 0 Å². The van der Waals surface area contributed by atoms with Gasteiger partial charge in [0.05, 0.1) is 12.5 Å². The monoisotopic (exact) mass is 265 g/mol. The van der Waals surface area contributed by atoms with Crippen LogP contribution in [0.25, 0.3) is 0 Å². The molecule has 0 saturated carbocycles. The zero-order valence-electron chi connectivity index (χ0n) is 6.83. The van der Waals surface area contributed by atoms with Gasteiger partial charge in [-0.3, -0.25) is 4.79 Å². The van der Waals surface area contributed by atoms with E-state index >= 15 is 0 Å². The number of carboxylic acid groups (broad SMARTS) is 1. The molecule has 0 spiro atoms. The Kier molecular flexibility index (Phi) is 2.07. The van der Waals surface area contributed by atoms with Gasteiger partial charge in [0.1, 0.15) is 3.78 Å². The number of hydrogen-bond acceptors (Lipinski definition) is 2. The third kappa shape index (κ3) is 1.57. The highest BCUT2D eigenvalue weighted by Gasteiger charge is 2.42. The summed E-state index contributed by atoms with van der Waals surface area (Å²) >= 11 is 9.37. The normalized spacial score (nSPS) is 37.5.